The monoisotopic (exact) mass is 316 g/mol. The molecule has 1 saturated carbocycles. The topological polar surface area (TPSA) is 52.6 Å². The summed E-state index contributed by atoms with van der Waals surface area (Å²) in [5.74, 6) is 0.777. The maximum absolute atomic E-state index is 12.1. The van der Waals surface area contributed by atoms with Crippen LogP contribution in [0.4, 0.5) is 0 Å². The first kappa shape index (κ1) is 16.5. The Hall–Kier alpha value is -1.39. The zero-order chi connectivity index (χ0) is 16.1. The van der Waals surface area contributed by atoms with Crippen LogP contribution in [0.1, 0.15) is 49.7 Å². The lowest BCUT2D eigenvalue weighted by Crippen LogP contribution is -2.26. The van der Waals surface area contributed by atoms with Gasteiger partial charge in [0.25, 0.3) is 0 Å². The van der Waals surface area contributed by atoms with E-state index in [0.717, 1.165) is 26.1 Å². The van der Waals surface area contributed by atoms with Crippen molar-refractivity contribution in [1.29, 1.82) is 0 Å². The maximum Gasteiger partial charge on any atom is 0.220 e. The molecule has 1 aliphatic heterocycles. The molecular weight excluding hydrogens is 288 g/mol. The molecule has 1 unspecified atom stereocenters. The van der Waals surface area contributed by atoms with Crippen LogP contribution in [0.3, 0.4) is 0 Å². The minimum atomic E-state index is -0.187. The van der Waals surface area contributed by atoms with Crippen LogP contribution in [0.25, 0.3) is 0 Å². The molecule has 1 aromatic carbocycles. The van der Waals surface area contributed by atoms with Crippen molar-refractivity contribution in [1.82, 2.24) is 10.2 Å². The summed E-state index contributed by atoms with van der Waals surface area (Å²) in [4.78, 5) is 14.4. The fraction of sp³-hybridized carbons (Fsp3) is 0.632. The number of rotatable bonds is 6. The molecule has 1 atom stereocenters. The number of carbonyl (C=O) groups excluding carboxylic acids is 1. The van der Waals surface area contributed by atoms with Crippen LogP contribution in [0, 0.1) is 5.92 Å². The highest BCUT2D eigenvalue weighted by molar-refractivity contribution is 5.76. The highest BCUT2D eigenvalue weighted by Gasteiger charge is 2.21. The Kier molecular flexibility index (Phi) is 5.68. The van der Waals surface area contributed by atoms with E-state index in [0.29, 0.717) is 18.9 Å². The first-order chi connectivity index (χ1) is 11.2. The molecule has 126 valence electrons. The second-order valence-corrected chi connectivity index (χ2v) is 7.08. The predicted molar refractivity (Wildman–Crippen MR) is 90.8 cm³/mol. The fourth-order valence-corrected chi connectivity index (χ4v) is 3.82. The zero-order valence-corrected chi connectivity index (χ0v) is 13.8. The molecule has 1 aliphatic carbocycles. The number of aliphatic hydroxyl groups excluding tert-OH is 1. The fourth-order valence-electron chi connectivity index (χ4n) is 3.82. The van der Waals surface area contributed by atoms with Gasteiger partial charge in [0, 0.05) is 32.6 Å². The van der Waals surface area contributed by atoms with Crippen molar-refractivity contribution < 1.29 is 9.90 Å². The molecule has 23 heavy (non-hydrogen) atoms. The van der Waals surface area contributed by atoms with Gasteiger partial charge in [-0.2, -0.15) is 0 Å². The number of β-amino-alcohol motifs (C(OH)–C–C–N with tert-alkyl or cyclic N) is 1. The van der Waals surface area contributed by atoms with Gasteiger partial charge < -0.3 is 10.4 Å². The smallest absolute Gasteiger partial charge is 0.220 e. The van der Waals surface area contributed by atoms with Crippen molar-refractivity contribution in [3.8, 4) is 0 Å². The summed E-state index contributed by atoms with van der Waals surface area (Å²) in [6, 6.07) is 8.30. The van der Waals surface area contributed by atoms with Crippen molar-refractivity contribution in [3.63, 3.8) is 0 Å². The van der Waals surface area contributed by atoms with Gasteiger partial charge in [0.05, 0.1) is 6.10 Å². The third-order valence-electron chi connectivity index (χ3n) is 5.18. The highest BCUT2D eigenvalue weighted by atomic mass is 16.3. The number of aliphatic hydroxyl groups is 1. The Morgan fingerprint density at radius 2 is 1.91 bits per heavy atom. The number of nitrogens with zero attached hydrogens (tertiary/aromatic N) is 1. The minimum absolute atomic E-state index is 0.184. The van der Waals surface area contributed by atoms with Gasteiger partial charge in [0.2, 0.25) is 5.91 Å². The number of amides is 1. The van der Waals surface area contributed by atoms with Crippen molar-refractivity contribution in [2.75, 3.05) is 13.1 Å². The summed E-state index contributed by atoms with van der Waals surface area (Å²) in [5, 5.41) is 12.8. The highest BCUT2D eigenvalue weighted by Crippen LogP contribution is 2.27. The van der Waals surface area contributed by atoms with Crippen LogP contribution in [-0.4, -0.2) is 35.1 Å². The largest absolute Gasteiger partial charge is 0.392 e. The quantitative estimate of drug-likeness (QED) is 0.847. The van der Waals surface area contributed by atoms with Crippen molar-refractivity contribution in [2.45, 2.75) is 57.7 Å². The van der Waals surface area contributed by atoms with E-state index in [2.05, 4.69) is 22.3 Å². The Morgan fingerprint density at radius 3 is 2.61 bits per heavy atom. The summed E-state index contributed by atoms with van der Waals surface area (Å²) in [7, 11) is 0. The van der Waals surface area contributed by atoms with Gasteiger partial charge in [-0.15, -0.1) is 0 Å². The molecule has 3 rings (SSSR count). The standard InChI is InChI=1S/C19H28N2O2/c22-18-9-10-21(14-18)13-17-8-4-3-7-16(17)12-20-19(23)11-15-5-1-2-6-15/h3-4,7-8,15,18,22H,1-2,5-6,9-14H2,(H,20,23). The number of hydrogen-bond acceptors (Lipinski definition) is 3. The second kappa shape index (κ2) is 7.93. The van der Waals surface area contributed by atoms with E-state index in [4.69, 9.17) is 0 Å². The van der Waals surface area contributed by atoms with E-state index in [-0.39, 0.29) is 12.0 Å². The van der Waals surface area contributed by atoms with Gasteiger partial charge >= 0.3 is 0 Å². The Bertz CT molecular complexity index is 526. The molecule has 1 heterocycles. The van der Waals surface area contributed by atoms with E-state index < -0.39 is 0 Å². The third kappa shape index (κ3) is 4.79. The average molecular weight is 316 g/mol. The molecule has 0 aromatic heterocycles. The number of hydrogen-bond donors (Lipinski definition) is 2. The minimum Gasteiger partial charge on any atom is -0.392 e. The molecule has 0 spiro atoms. The first-order valence-electron chi connectivity index (χ1n) is 8.94. The van der Waals surface area contributed by atoms with Crippen LogP contribution in [-0.2, 0) is 17.9 Å². The maximum atomic E-state index is 12.1. The van der Waals surface area contributed by atoms with Crippen LogP contribution in [0.2, 0.25) is 0 Å². The van der Waals surface area contributed by atoms with E-state index in [1.54, 1.807) is 0 Å². The second-order valence-electron chi connectivity index (χ2n) is 7.08. The predicted octanol–water partition coefficient (Wildman–Crippen LogP) is 2.45. The molecule has 0 radical (unpaired) electrons. The molecule has 1 amide bonds. The van der Waals surface area contributed by atoms with E-state index in [1.807, 2.05) is 12.1 Å². The number of benzene rings is 1. The molecule has 2 aliphatic rings. The van der Waals surface area contributed by atoms with Crippen LogP contribution < -0.4 is 5.32 Å². The summed E-state index contributed by atoms with van der Waals surface area (Å²) < 4.78 is 0. The van der Waals surface area contributed by atoms with E-state index >= 15 is 0 Å². The van der Waals surface area contributed by atoms with Gasteiger partial charge in [-0.05, 0) is 36.3 Å². The normalized spacial score (nSPS) is 22.6. The Labute approximate surface area is 138 Å². The van der Waals surface area contributed by atoms with Gasteiger partial charge in [0.15, 0.2) is 0 Å². The summed E-state index contributed by atoms with van der Waals surface area (Å²) >= 11 is 0. The van der Waals surface area contributed by atoms with Crippen LogP contribution in [0.15, 0.2) is 24.3 Å². The Balaban J connectivity index is 1.51. The lowest BCUT2D eigenvalue weighted by molar-refractivity contribution is -0.122. The molecule has 1 aromatic rings. The molecular formula is C19H28N2O2. The lowest BCUT2D eigenvalue weighted by Gasteiger charge is -2.18. The zero-order valence-electron chi connectivity index (χ0n) is 13.8. The van der Waals surface area contributed by atoms with Gasteiger partial charge in [-0.25, -0.2) is 0 Å². The number of likely N-dealkylation sites (tertiary alicyclic amines) is 1. The average Bonchev–Trinajstić information content (AvgIpc) is 3.18. The SMILES string of the molecule is O=C(CC1CCCC1)NCc1ccccc1CN1CCC(O)C1. The Morgan fingerprint density at radius 1 is 1.17 bits per heavy atom. The van der Waals surface area contributed by atoms with E-state index in [9.17, 15) is 9.90 Å². The van der Waals surface area contributed by atoms with Gasteiger partial charge in [0.1, 0.15) is 0 Å². The summed E-state index contributed by atoms with van der Waals surface area (Å²) in [6.07, 6.45) is 6.34. The molecule has 4 nitrogen and oxygen atoms in total. The lowest BCUT2D eigenvalue weighted by atomic mass is 10.0. The first-order valence-corrected chi connectivity index (χ1v) is 8.94. The van der Waals surface area contributed by atoms with Crippen LogP contribution in [0.5, 0.6) is 0 Å². The summed E-state index contributed by atoms with van der Waals surface area (Å²) in [5.41, 5.74) is 2.44. The van der Waals surface area contributed by atoms with E-state index in [1.165, 1.54) is 36.8 Å². The molecule has 2 N–H and O–H groups in total. The molecule has 0 bridgehead atoms. The van der Waals surface area contributed by atoms with Crippen molar-refractivity contribution in [3.05, 3.63) is 35.4 Å². The van der Waals surface area contributed by atoms with Crippen LogP contribution >= 0.6 is 0 Å². The van der Waals surface area contributed by atoms with Crippen molar-refractivity contribution in [2.24, 2.45) is 5.92 Å². The van der Waals surface area contributed by atoms with Gasteiger partial charge in [-0.3, -0.25) is 9.69 Å². The van der Waals surface area contributed by atoms with Crippen molar-refractivity contribution >= 4 is 5.91 Å². The number of carbonyl (C=O) groups is 1. The molecule has 4 heteroatoms. The van der Waals surface area contributed by atoms with Gasteiger partial charge in [-0.1, -0.05) is 37.1 Å². The number of nitrogens with one attached hydrogen (secondary N) is 1. The molecule has 1 saturated heterocycles. The summed E-state index contributed by atoms with van der Waals surface area (Å²) in [6.45, 7) is 3.16. The third-order valence-corrected chi connectivity index (χ3v) is 5.18. The molecule has 2 fully saturated rings.